The van der Waals surface area contributed by atoms with Gasteiger partial charge in [-0.3, -0.25) is 0 Å². The Bertz CT molecular complexity index is 1060. The van der Waals surface area contributed by atoms with Gasteiger partial charge < -0.3 is 14.0 Å². The van der Waals surface area contributed by atoms with Crippen molar-refractivity contribution in [1.82, 2.24) is 0 Å². The van der Waals surface area contributed by atoms with Crippen LogP contribution in [-0.4, -0.2) is 40.6 Å². The first-order valence-corrected chi connectivity index (χ1v) is 19.8. The molecule has 1 saturated carbocycles. The van der Waals surface area contributed by atoms with E-state index >= 15 is 0 Å². The number of aliphatic hydroxyl groups is 1. The molecule has 5 heteroatoms. The number of fused-ring (bicyclic) bond motifs is 1. The van der Waals surface area contributed by atoms with Gasteiger partial charge in [0.25, 0.3) is 8.32 Å². The average Bonchev–Trinajstić information content (AvgIpc) is 2.86. The molecule has 0 spiro atoms. The Kier molecular flexibility index (Phi) is 8.90. The van der Waals surface area contributed by atoms with Gasteiger partial charge in [0.05, 0.1) is 6.10 Å². The van der Waals surface area contributed by atoms with Gasteiger partial charge in [0.1, 0.15) is 0 Å². The van der Waals surface area contributed by atoms with E-state index in [-0.39, 0.29) is 22.1 Å². The zero-order chi connectivity index (χ0) is 28.6. The van der Waals surface area contributed by atoms with Crippen LogP contribution in [0.15, 0.2) is 72.8 Å². The van der Waals surface area contributed by atoms with Crippen LogP contribution in [-0.2, 0) is 8.85 Å². The molecule has 39 heavy (non-hydrogen) atoms. The monoisotopic (exact) mass is 564 g/mol. The van der Waals surface area contributed by atoms with Crippen LogP contribution in [0.1, 0.15) is 61.3 Å². The minimum absolute atomic E-state index is 0.00701. The number of hydrogen-bond donors (Lipinski definition) is 1. The fourth-order valence-corrected chi connectivity index (χ4v) is 12.5. The summed E-state index contributed by atoms with van der Waals surface area (Å²) in [6, 6.07) is 21.7. The second kappa shape index (κ2) is 11.4. The summed E-state index contributed by atoms with van der Waals surface area (Å²) in [6.07, 6.45) is 6.00. The number of rotatable bonds is 7. The lowest BCUT2D eigenvalue weighted by atomic mass is 9.63. The highest BCUT2D eigenvalue weighted by Crippen LogP contribution is 2.47. The minimum atomic E-state index is -2.67. The van der Waals surface area contributed by atoms with Gasteiger partial charge in [0, 0.05) is 12.7 Å². The minimum Gasteiger partial charge on any atom is -0.417 e. The zero-order valence-corrected chi connectivity index (χ0v) is 27.8. The standard InChI is InChI=1S/C34H52O3Si2/c1-25-20-21-26-22-27(23-31(35)32(26)30(25)24-36-38(8,9)33(2,3)4)37-39(34(5,6)7,28-16-12-10-13-17-28)29-18-14-11-15-19-29/h10-21,25-27,30-32,35H,22-24H2,1-9H3/t25-,26?,27+,30-,31-,32?/m0/s1. The summed E-state index contributed by atoms with van der Waals surface area (Å²) in [5.74, 6) is 1.26. The average molecular weight is 565 g/mol. The Morgan fingerprint density at radius 1 is 0.795 bits per heavy atom. The highest BCUT2D eigenvalue weighted by molar-refractivity contribution is 6.99. The predicted molar refractivity (Wildman–Crippen MR) is 170 cm³/mol. The fourth-order valence-electron chi connectivity index (χ4n) is 6.71. The van der Waals surface area contributed by atoms with Gasteiger partial charge >= 0.3 is 0 Å². The normalized spacial score (nSPS) is 28.3. The van der Waals surface area contributed by atoms with E-state index in [1.807, 2.05) is 0 Å². The second-order valence-corrected chi connectivity index (χ2v) is 23.7. The molecule has 0 saturated heterocycles. The summed E-state index contributed by atoms with van der Waals surface area (Å²) >= 11 is 0. The molecule has 0 aliphatic heterocycles. The van der Waals surface area contributed by atoms with E-state index < -0.39 is 22.7 Å². The van der Waals surface area contributed by atoms with E-state index in [9.17, 15) is 5.11 Å². The molecule has 214 valence electrons. The van der Waals surface area contributed by atoms with E-state index in [4.69, 9.17) is 8.85 Å². The molecule has 2 aliphatic carbocycles. The summed E-state index contributed by atoms with van der Waals surface area (Å²) in [6.45, 7) is 21.6. The Labute approximate surface area is 240 Å². The molecule has 0 bridgehead atoms. The highest BCUT2D eigenvalue weighted by atomic mass is 28.4. The largest absolute Gasteiger partial charge is 0.417 e. The Balaban J connectivity index is 1.63. The number of benzene rings is 2. The van der Waals surface area contributed by atoms with Crippen molar-refractivity contribution < 1.29 is 14.0 Å². The van der Waals surface area contributed by atoms with Crippen LogP contribution in [0, 0.1) is 23.7 Å². The molecule has 6 atom stereocenters. The van der Waals surface area contributed by atoms with E-state index in [0.717, 1.165) is 13.0 Å². The molecule has 2 aliphatic rings. The van der Waals surface area contributed by atoms with Crippen molar-refractivity contribution in [2.75, 3.05) is 6.61 Å². The van der Waals surface area contributed by atoms with Crippen molar-refractivity contribution in [2.45, 2.75) is 96.7 Å². The van der Waals surface area contributed by atoms with Gasteiger partial charge in [-0.15, -0.1) is 0 Å². The van der Waals surface area contributed by atoms with E-state index in [0.29, 0.717) is 24.2 Å². The maximum atomic E-state index is 11.8. The fraction of sp³-hybridized carbons (Fsp3) is 0.588. The zero-order valence-electron chi connectivity index (χ0n) is 25.8. The molecule has 1 N–H and O–H groups in total. The Morgan fingerprint density at radius 3 is 1.82 bits per heavy atom. The van der Waals surface area contributed by atoms with Crippen LogP contribution in [0.4, 0.5) is 0 Å². The molecule has 0 radical (unpaired) electrons. The third kappa shape index (κ3) is 6.08. The maximum absolute atomic E-state index is 11.8. The molecular weight excluding hydrogens is 513 g/mol. The quantitative estimate of drug-likeness (QED) is 0.286. The first-order chi connectivity index (χ1) is 18.2. The van der Waals surface area contributed by atoms with Gasteiger partial charge in [-0.05, 0) is 70.1 Å². The number of allylic oxidation sites excluding steroid dienone is 2. The third-order valence-corrected chi connectivity index (χ3v) is 19.6. The molecule has 1 fully saturated rings. The van der Waals surface area contributed by atoms with Gasteiger partial charge in [-0.25, -0.2) is 0 Å². The molecule has 3 nitrogen and oxygen atoms in total. The van der Waals surface area contributed by atoms with Crippen molar-refractivity contribution in [2.24, 2.45) is 23.7 Å². The smallest absolute Gasteiger partial charge is 0.261 e. The van der Waals surface area contributed by atoms with Crippen molar-refractivity contribution in [1.29, 1.82) is 0 Å². The Hall–Kier alpha value is -1.51. The Morgan fingerprint density at radius 2 is 1.33 bits per heavy atom. The third-order valence-electron chi connectivity index (χ3n) is 10.0. The first-order valence-electron chi connectivity index (χ1n) is 15.0. The van der Waals surface area contributed by atoms with Gasteiger partial charge in [-0.2, -0.15) is 0 Å². The summed E-state index contributed by atoms with van der Waals surface area (Å²) < 4.78 is 14.2. The number of hydrogen-bond acceptors (Lipinski definition) is 3. The van der Waals surface area contributed by atoms with Gasteiger partial charge in [0.2, 0.25) is 0 Å². The molecule has 4 rings (SSSR count). The van der Waals surface area contributed by atoms with Crippen LogP contribution in [0.2, 0.25) is 23.2 Å². The van der Waals surface area contributed by atoms with Crippen LogP contribution >= 0.6 is 0 Å². The molecular formula is C34H52O3Si2. The SMILES string of the molecule is C[C@H]1C=CC2C[C@@H](O[Si](c3ccccc3)(c3ccccc3)C(C)(C)C)C[C@H](O)C2[C@H]1CO[Si](C)(C)C(C)(C)C. The van der Waals surface area contributed by atoms with Crippen LogP contribution in [0.25, 0.3) is 0 Å². The molecule has 0 heterocycles. The van der Waals surface area contributed by atoms with E-state index in [2.05, 4.69) is 134 Å². The molecule has 0 aromatic heterocycles. The lowest BCUT2D eigenvalue weighted by molar-refractivity contribution is -0.0572. The lowest BCUT2D eigenvalue weighted by Gasteiger charge is -2.51. The summed E-state index contributed by atoms with van der Waals surface area (Å²) in [5.41, 5.74) is 0. The van der Waals surface area contributed by atoms with Crippen molar-refractivity contribution in [3.8, 4) is 0 Å². The van der Waals surface area contributed by atoms with Crippen LogP contribution in [0.5, 0.6) is 0 Å². The molecule has 2 unspecified atom stereocenters. The summed E-state index contributed by atoms with van der Waals surface area (Å²) in [5, 5.41) is 14.5. The first kappa shape index (κ1) is 30.5. The van der Waals surface area contributed by atoms with Gasteiger partial charge in [0.15, 0.2) is 8.32 Å². The van der Waals surface area contributed by atoms with Crippen molar-refractivity contribution >= 4 is 27.0 Å². The molecule has 2 aromatic carbocycles. The van der Waals surface area contributed by atoms with E-state index in [1.54, 1.807) is 0 Å². The maximum Gasteiger partial charge on any atom is 0.261 e. The van der Waals surface area contributed by atoms with Crippen LogP contribution < -0.4 is 10.4 Å². The molecule has 2 aromatic rings. The number of aliphatic hydroxyl groups excluding tert-OH is 1. The topological polar surface area (TPSA) is 38.7 Å². The summed E-state index contributed by atoms with van der Waals surface area (Å²) in [7, 11) is -4.53. The highest BCUT2D eigenvalue weighted by Gasteiger charge is 2.53. The summed E-state index contributed by atoms with van der Waals surface area (Å²) in [4.78, 5) is 0. The van der Waals surface area contributed by atoms with E-state index in [1.165, 1.54) is 10.4 Å². The van der Waals surface area contributed by atoms with Crippen LogP contribution in [0.3, 0.4) is 0 Å². The van der Waals surface area contributed by atoms with Crippen molar-refractivity contribution in [3.05, 3.63) is 72.8 Å². The van der Waals surface area contributed by atoms with Gasteiger partial charge in [-0.1, -0.05) is 121 Å². The second-order valence-electron chi connectivity index (χ2n) is 14.7. The van der Waals surface area contributed by atoms with Crippen molar-refractivity contribution in [3.63, 3.8) is 0 Å². The predicted octanol–water partition coefficient (Wildman–Crippen LogP) is 7.16. The molecule has 0 amide bonds. The lowest BCUT2D eigenvalue weighted by Crippen LogP contribution is -2.68.